The lowest BCUT2D eigenvalue weighted by molar-refractivity contribution is -0.385. The highest BCUT2D eigenvalue weighted by Gasteiger charge is 2.12. The summed E-state index contributed by atoms with van der Waals surface area (Å²) in [5.41, 5.74) is 2.92. The largest absolute Gasteiger partial charge is 0.497 e. The first-order valence-corrected chi connectivity index (χ1v) is 6.07. The Labute approximate surface area is 111 Å². The summed E-state index contributed by atoms with van der Waals surface area (Å²) >= 11 is 0. The van der Waals surface area contributed by atoms with Crippen LogP contribution in [0.4, 0.5) is 5.69 Å². The second kappa shape index (κ2) is 5.52. The van der Waals surface area contributed by atoms with E-state index in [9.17, 15) is 10.1 Å². The van der Waals surface area contributed by atoms with E-state index in [-0.39, 0.29) is 10.6 Å². The molecule has 4 nitrogen and oxygen atoms in total. The van der Waals surface area contributed by atoms with Crippen LogP contribution in [0.15, 0.2) is 42.5 Å². The lowest BCUT2D eigenvalue weighted by Gasteiger charge is -2.06. The Kier molecular flexibility index (Phi) is 3.80. The molecule has 0 atom stereocenters. The molecular weight excluding hydrogens is 242 g/mol. The summed E-state index contributed by atoms with van der Waals surface area (Å²) in [6, 6.07) is 12.9. The monoisotopic (exact) mass is 257 g/mol. The molecule has 2 rings (SSSR count). The first-order chi connectivity index (χ1) is 9.15. The number of methoxy groups -OCH3 is 1. The third-order valence-corrected chi connectivity index (χ3v) is 3.08. The molecule has 0 aliphatic heterocycles. The highest BCUT2D eigenvalue weighted by atomic mass is 16.6. The maximum Gasteiger partial charge on any atom is 0.272 e. The van der Waals surface area contributed by atoms with E-state index in [4.69, 9.17) is 4.74 Å². The van der Waals surface area contributed by atoms with E-state index < -0.39 is 0 Å². The minimum atomic E-state index is -0.337. The van der Waals surface area contributed by atoms with Gasteiger partial charge in [-0.2, -0.15) is 0 Å². The summed E-state index contributed by atoms with van der Waals surface area (Å²) in [5.74, 6) is 0.793. The van der Waals surface area contributed by atoms with Crippen LogP contribution in [0.25, 0.3) is 11.1 Å². The fraction of sp³-hybridized carbons (Fsp3) is 0.200. The van der Waals surface area contributed by atoms with E-state index in [1.54, 1.807) is 19.2 Å². The lowest BCUT2D eigenvalue weighted by atomic mass is 10.0. The third-order valence-electron chi connectivity index (χ3n) is 3.08. The van der Waals surface area contributed by atoms with Gasteiger partial charge in [0.15, 0.2) is 0 Å². The van der Waals surface area contributed by atoms with Gasteiger partial charge in [0.2, 0.25) is 0 Å². The van der Waals surface area contributed by atoms with E-state index in [2.05, 4.69) is 0 Å². The lowest BCUT2D eigenvalue weighted by Crippen LogP contribution is -1.94. The molecule has 0 N–H and O–H groups in total. The molecule has 0 heterocycles. The Balaban J connectivity index is 2.42. The van der Waals surface area contributed by atoms with Crippen molar-refractivity contribution < 1.29 is 9.66 Å². The molecular formula is C15H15NO3. The maximum atomic E-state index is 10.9. The van der Waals surface area contributed by atoms with Gasteiger partial charge < -0.3 is 4.74 Å². The third kappa shape index (κ3) is 2.73. The number of rotatable bonds is 4. The van der Waals surface area contributed by atoms with Crippen molar-refractivity contribution in [3.8, 4) is 16.9 Å². The fourth-order valence-electron chi connectivity index (χ4n) is 2.01. The molecule has 98 valence electrons. The van der Waals surface area contributed by atoms with E-state index in [0.29, 0.717) is 6.42 Å². The van der Waals surface area contributed by atoms with Crippen molar-refractivity contribution in [1.82, 2.24) is 0 Å². The average molecular weight is 257 g/mol. The average Bonchev–Trinajstić information content (AvgIpc) is 2.46. The van der Waals surface area contributed by atoms with Gasteiger partial charge >= 0.3 is 0 Å². The van der Waals surface area contributed by atoms with Gasteiger partial charge in [-0.1, -0.05) is 19.1 Å². The minimum absolute atomic E-state index is 0.180. The van der Waals surface area contributed by atoms with Crippen LogP contribution < -0.4 is 4.74 Å². The fourth-order valence-corrected chi connectivity index (χ4v) is 2.01. The number of nitro benzene ring substituents is 1. The molecule has 0 saturated carbocycles. The van der Waals surface area contributed by atoms with Crippen molar-refractivity contribution in [2.45, 2.75) is 13.3 Å². The quantitative estimate of drug-likeness (QED) is 0.617. The molecule has 0 aliphatic rings. The van der Waals surface area contributed by atoms with Gasteiger partial charge in [0, 0.05) is 11.6 Å². The second-order valence-electron chi connectivity index (χ2n) is 4.18. The van der Waals surface area contributed by atoms with Gasteiger partial charge in [0.05, 0.1) is 12.0 Å². The molecule has 4 heteroatoms. The van der Waals surface area contributed by atoms with Gasteiger partial charge in [-0.15, -0.1) is 0 Å². The van der Waals surface area contributed by atoms with E-state index >= 15 is 0 Å². The molecule has 0 aromatic heterocycles. The zero-order valence-electron chi connectivity index (χ0n) is 10.9. The van der Waals surface area contributed by atoms with Crippen LogP contribution in [-0.4, -0.2) is 12.0 Å². The number of nitro groups is 1. The summed E-state index contributed by atoms with van der Waals surface area (Å²) in [4.78, 5) is 10.6. The molecule has 0 fully saturated rings. The first-order valence-electron chi connectivity index (χ1n) is 6.07. The van der Waals surface area contributed by atoms with E-state index in [1.807, 2.05) is 37.3 Å². The predicted octanol–water partition coefficient (Wildman–Crippen LogP) is 3.83. The summed E-state index contributed by atoms with van der Waals surface area (Å²) < 4.78 is 5.11. The van der Waals surface area contributed by atoms with Crippen LogP contribution in [-0.2, 0) is 6.42 Å². The smallest absolute Gasteiger partial charge is 0.272 e. The number of aryl methyl sites for hydroxylation is 1. The number of ether oxygens (including phenoxy) is 1. The van der Waals surface area contributed by atoms with Gasteiger partial charge in [0.1, 0.15) is 5.75 Å². The van der Waals surface area contributed by atoms with Gasteiger partial charge in [0.25, 0.3) is 5.69 Å². The molecule has 0 saturated heterocycles. The van der Waals surface area contributed by atoms with Crippen LogP contribution >= 0.6 is 0 Å². The Bertz CT molecular complexity index is 591. The van der Waals surface area contributed by atoms with Crippen molar-refractivity contribution in [2.24, 2.45) is 0 Å². The van der Waals surface area contributed by atoms with E-state index in [1.165, 1.54) is 0 Å². The van der Waals surface area contributed by atoms with Crippen LogP contribution in [0.2, 0.25) is 0 Å². The zero-order valence-corrected chi connectivity index (χ0v) is 10.9. The highest BCUT2D eigenvalue weighted by molar-refractivity contribution is 5.67. The van der Waals surface area contributed by atoms with Crippen molar-refractivity contribution in [1.29, 1.82) is 0 Å². The SMILES string of the molecule is CCc1cc(-c2ccc(OC)cc2)ccc1[N+](=O)[O-]. The molecule has 0 bridgehead atoms. The molecule has 0 spiro atoms. The molecule has 19 heavy (non-hydrogen) atoms. The van der Waals surface area contributed by atoms with Crippen LogP contribution in [0.5, 0.6) is 5.75 Å². The molecule has 0 radical (unpaired) electrons. The van der Waals surface area contributed by atoms with Crippen molar-refractivity contribution in [3.63, 3.8) is 0 Å². The predicted molar refractivity (Wildman–Crippen MR) is 74.5 cm³/mol. The van der Waals surface area contributed by atoms with Crippen molar-refractivity contribution in [3.05, 3.63) is 58.1 Å². The van der Waals surface area contributed by atoms with Gasteiger partial charge in [-0.25, -0.2) is 0 Å². The summed E-state index contributed by atoms with van der Waals surface area (Å²) in [7, 11) is 1.62. The zero-order chi connectivity index (χ0) is 13.8. The Morgan fingerprint density at radius 1 is 1.11 bits per heavy atom. The second-order valence-corrected chi connectivity index (χ2v) is 4.18. The van der Waals surface area contributed by atoms with Gasteiger partial charge in [-0.05, 0) is 41.8 Å². The summed E-state index contributed by atoms with van der Waals surface area (Å²) in [5, 5.41) is 10.9. The number of nitrogens with zero attached hydrogens (tertiary/aromatic N) is 1. The Hall–Kier alpha value is -2.36. The first kappa shape index (κ1) is 13.1. The highest BCUT2D eigenvalue weighted by Crippen LogP contribution is 2.28. The number of benzene rings is 2. The number of hydrogen-bond donors (Lipinski definition) is 0. The van der Waals surface area contributed by atoms with Crippen LogP contribution in [0.1, 0.15) is 12.5 Å². The summed E-state index contributed by atoms with van der Waals surface area (Å²) in [6.07, 6.45) is 0.639. The maximum absolute atomic E-state index is 10.9. The minimum Gasteiger partial charge on any atom is -0.497 e. The Morgan fingerprint density at radius 3 is 2.26 bits per heavy atom. The van der Waals surface area contributed by atoms with E-state index in [0.717, 1.165) is 22.4 Å². The summed E-state index contributed by atoms with van der Waals surface area (Å²) in [6.45, 7) is 1.92. The van der Waals surface area contributed by atoms with Crippen molar-refractivity contribution >= 4 is 5.69 Å². The molecule has 0 aliphatic carbocycles. The number of hydrogen-bond acceptors (Lipinski definition) is 3. The Morgan fingerprint density at radius 2 is 1.74 bits per heavy atom. The van der Waals surface area contributed by atoms with Gasteiger partial charge in [-0.3, -0.25) is 10.1 Å². The molecule has 0 unspecified atom stereocenters. The topological polar surface area (TPSA) is 52.4 Å². The van der Waals surface area contributed by atoms with Crippen molar-refractivity contribution in [2.75, 3.05) is 7.11 Å². The molecule has 0 amide bonds. The normalized spacial score (nSPS) is 10.2. The van der Waals surface area contributed by atoms with Crippen LogP contribution in [0.3, 0.4) is 0 Å². The van der Waals surface area contributed by atoms with Crippen LogP contribution in [0, 0.1) is 10.1 Å². The molecule has 2 aromatic carbocycles. The standard InChI is InChI=1S/C15H15NO3/c1-3-11-10-13(6-9-15(11)16(17)18)12-4-7-14(19-2)8-5-12/h4-10H,3H2,1-2H3. The molecule has 2 aromatic rings.